The van der Waals surface area contributed by atoms with Crippen molar-refractivity contribution in [1.29, 1.82) is 0 Å². The van der Waals surface area contributed by atoms with Crippen molar-refractivity contribution in [2.24, 2.45) is 0 Å². The van der Waals surface area contributed by atoms with Gasteiger partial charge in [0.2, 0.25) is 0 Å². The molecule has 2 aromatic rings. The number of halogens is 1. The molecule has 7 heteroatoms. The van der Waals surface area contributed by atoms with E-state index in [0.717, 1.165) is 37.2 Å². The van der Waals surface area contributed by atoms with E-state index in [1.54, 1.807) is 36.4 Å². The van der Waals surface area contributed by atoms with Gasteiger partial charge in [-0.15, -0.1) is 0 Å². The van der Waals surface area contributed by atoms with Crippen LogP contribution < -0.4 is 9.62 Å². The molecule has 0 spiro atoms. The summed E-state index contributed by atoms with van der Waals surface area (Å²) in [5.74, 6) is 0. The third-order valence-electron chi connectivity index (χ3n) is 5.15. The normalized spacial score (nSPS) is 16.3. The van der Waals surface area contributed by atoms with E-state index >= 15 is 0 Å². The van der Waals surface area contributed by atoms with Crippen LogP contribution in [-0.4, -0.2) is 46.5 Å². The van der Waals surface area contributed by atoms with Crippen LogP contribution in [0.25, 0.3) is 0 Å². The number of aryl methyl sites for hydroxylation is 1. The summed E-state index contributed by atoms with van der Waals surface area (Å²) in [5.41, 5.74) is 2.37. The SMILES string of the molecule is Cc1ccc(S(=O)(=O)Nc2ccc(Cl)c(N(C)C3CCN(C)CC3)c2)cc1. The number of benzene rings is 2. The van der Waals surface area contributed by atoms with Gasteiger partial charge in [-0.05, 0) is 70.2 Å². The highest BCUT2D eigenvalue weighted by Crippen LogP contribution is 2.32. The fraction of sp³-hybridized carbons (Fsp3) is 0.400. The zero-order valence-electron chi connectivity index (χ0n) is 15.9. The lowest BCUT2D eigenvalue weighted by atomic mass is 10.0. The molecule has 146 valence electrons. The molecule has 0 saturated carbocycles. The average Bonchev–Trinajstić information content (AvgIpc) is 2.63. The zero-order chi connectivity index (χ0) is 19.6. The van der Waals surface area contributed by atoms with Crippen LogP contribution in [0.5, 0.6) is 0 Å². The molecule has 0 aromatic heterocycles. The molecule has 0 unspecified atom stereocenters. The Balaban J connectivity index is 1.81. The molecule has 0 bridgehead atoms. The molecule has 1 saturated heterocycles. The average molecular weight is 408 g/mol. The maximum absolute atomic E-state index is 12.7. The maximum Gasteiger partial charge on any atom is 0.261 e. The summed E-state index contributed by atoms with van der Waals surface area (Å²) in [7, 11) is 0.516. The third-order valence-corrected chi connectivity index (χ3v) is 6.86. The van der Waals surface area contributed by atoms with Gasteiger partial charge in [0.15, 0.2) is 0 Å². The first-order valence-corrected chi connectivity index (χ1v) is 10.9. The summed E-state index contributed by atoms with van der Waals surface area (Å²) in [5, 5.41) is 0.620. The van der Waals surface area contributed by atoms with Crippen LogP contribution in [0.2, 0.25) is 5.02 Å². The van der Waals surface area contributed by atoms with Crippen LogP contribution in [0.15, 0.2) is 47.4 Å². The van der Waals surface area contributed by atoms with E-state index in [9.17, 15) is 8.42 Å². The van der Waals surface area contributed by atoms with Gasteiger partial charge in [-0.1, -0.05) is 29.3 Å². The number of anilines is 2. The third kappa shape index (κ3) is 4.75. The van der Waals surface area contributed by atoms with Crippen molar-refractivity contribution in [3.63, 3.8) is 0 Å². The highest BCUT2D eigenvalue weighted by Gasteiger charge is 2.23. The van der Waals surface area contributed by atoms with Crippen molar-refractivity contribution >= 4 is 33.0 Å². The molecular weight excluding hydrogens is 382 g/mol. The number of likely N-dealkylation sites (tertiary alicyclic amines) is 1. The number of nitrogens with one attached hydrogen (secondary N) is 1. The van der Waals surface area contributed by atoms with Crippen LogP contribution in [0.4, 0.5) is 11.4 Å². The van der Waals surface area contributed by atoms with Gasteiger partial charge in [0, 0.05) is 13.1 Å². The molecule has 3 rings (SSSR count). The first-order valence-electron chi connectivity index (χ1n) is 9.07. The lowest BCUT2D eigenvalue weighted by molar-refractivity contribution is 0.253. The topological polar surface area (TPSA) is 52.7 Å². The second-order valence-electron chi connectivity index (χ2n) is 7.23. The van der Waals surface area contributed by atoms with Gasteiger partial charge in [0.25, 0.3) is 10.0 Å². The van der Waals surface area contributed by atoms with E-state index in [-0.39, 0.29) is 4.90 Å². The minimum atomic E-state index is -3.64. The second kappa shape index (κ2) is 8.09. The molecule has 1 heterocycles. The minimum Gasteiger partial charge on any atom is -0.370 e. The number of hydrogen-bond donors (Lipinski definition) is 1. The Kier molecular flexibility index (Phi) is 5.99. The van der Waals surface area contributed by atoms with Crippen LogP contribution >= 0.6 is 11.6 Å². The molecule has 0 radical (unpaired) electrons. The summed E-state index contributed by atoms with van der Waals surface area (Å²) in [6.07, 6.45) is 2.12. The van der Waals surface area contributed by atoms with E-state index in [0.29, 0.717) is 16.8 Å². The van der Waals surface area contributed by atoms with Crippen LogP contribution in [-0.2, 0) is 10.0 Å². The summed E-state index contributed by atoms with van der Waals surface area (Å²) in [6.45, 7) is 4.02. The van der Waals surface area contributed by atoms with E-state index in [2.05, 4.69) is 21.6 Å². The van der Waals surface area contributed by atoms with Crippen LogP contribution in [0.3, 0.4) is 0 Å². The molecule has 1 aliphatic heterocycles. The Morgan fingerprint density at radius 3 is 2.37 bits per heavy atom. The van der Waals surface area contributed by atoms with Crippen molar-refractivity contribution in [1.82, 2.24) is 4.90 Å². The summed E-state index contributed by atoms with van der Waals surface area (Å²) < 4.78 is 28.0. The number of rotatable bonds is 5. The highest BCUT2D eigenvalue weighted by molar-refractivity contribution is 7.92. The predicted octanol–water partition coefficient (Wildman–Crippen LogP) is 3.98. The molecule has 2 aromatic carbocycles. The number of nitrogens with zero attached hydrogens (tertiary/aromatic N) is 2. The van der Waals surface area contributed by atoms with Crippen LogP contribution in [0.1, 0.15) is 18.4 Å². The van der Waals surface area contributed by atoms with Crippen molar-refractivity contribution in [2.45, 2.75) is 30.7 Å². The minimum absolute atomic E-state index is 0.244. The van der Waals surface area contributed by atoms with Crippen molar-refractivity contribution in [3.05, 3.63) is 53.1 Å². The summed E-state index contributed by atoms with van der Waals surface area (Å²) >= 11 is 6.42. The highest BCUT2D eigenvalue weighted by atomic mass is 35.5. The Bertz CT molecular complexity index is 892. The van der Waals surface area contributed by atoms with Gasteiger partial charge in [0.1, 0.15) is 0 Å². The van der Waals surface area contributed by atoms with Gasteiger partial charge in [-0.2, -0.15) is 0 Å². The molecule has 5 nitrogen and oxygen atoms in total. The van der Waals surface area contributed by atoms with E-state index in [1.807, 2.05) is 20.0 Å². The smallest absolute Gasteiger partial charge is 0.261 e. The van der Waals surface area contributed by atoms with Crippen LogP contribution in [0, 0.1) is 6.92 Å². The quantitative estimate of drug-likeness (QED) is 0.814. The summed E-state index contributed by atoms with van der Waals surface area (Å²) in [4.78, 5) is 4.73. The number of hydrogen-bond acceptors (Lipinski definition) is 4. The summed E-state index contributed by atoms with van der Waals surface area (Å²) in [6, 6.07) is 12.4. The number of sulfonamides is 1. The molecular formula is C20H26ClN3O2S. The van der Waals surface area contributed by atoms with Gasteiger partial charge in [0.05, 0.1) is 21.3 Å². The van der Waals surface area contributed by atoms with Gasteiger partial charge in [-0.3, -0.25) is 4.72 Å². The maximum atomic E-state index is 12.7. The molecule has 1 fully saturated rings. The van der Waals surface area contributed by atoms with Gasteiger partial charge in [-0.25, -0.2) is 8.42 Å². The number of piperidine rings is 1. The van der Waals surface area contributed by atoms with Crippen molar-refractivity contribution < 1.29 is 8.42 Å². The predicted molar refractivity (Wildman–Crippen MR) is 112 cm³/mol. The zero-order valence-corrected chi connectivity index (χ0v) is 17.5. The Morgan fingerprint density at radius 2 is 1.74 bits per heavy atom. The van der Waals surface area contributed by atoms with Gasteiger partial charge >= 0.3 is 0 Å². The van der Waals surface area contributed by atoms with E-state index < -0.39 is 10.0 Å². The molecule has 1 aliphatic rings. The van der Waals surface area contributed by atoms with E-state index in [1.165, 1.54) is 0 Å². The monoisotopic (exact) mass is 407 g/mol. The lowest BCUT2D eigenvalue weighted by Crippen LogP contribution is -2.42. The fourth-order valence-corrected chi connectivity index (χ4v) is 4.66. The molecule has 1 N–H and O–H groups in total. The van der Waals surface area contributed by atoms with Crippen molar-refractivity contribution in [2.75, 3.05) is 36.8 Å². The molecule has 0 atom stereocenters. The Hall–Kier alpha value is -1.76. The van der Waals surface area contributed by atoms with Gasteiger partial charge < -0.3 is 9.80 Å². The Morgan fingerprint density at radius 1 is 1.11 bits per heavy atom. The second-order valence-corrected chi connectivity index (χ2v) is 9.32. The largest absolute Gasteiger partial charge is 0.370 e. The van der Waals surface area contributed by atoms with Crippen molar-refractivity contribution in [3.8, 4) is 0 Å². The fourth-order valence-electron chi connectivity index (χ4n) is 3.36. The molecule has 0 aliphatic carbocycles. The first-order chi connectivity index (χ1) is 12.8. The van der Waals surface area contributed by atoms with E-state index in [4.69, 9.17) is 11.6 Å². The Labute approximate surface area is 167 Å². The lowest BCUT2D eigenvalue weighted by Gasteiger charge is -2.36. The first kappa shape index (κ1) is 20.0. The molecule has 0 amide bonds. The molecule has 27 heavy (non-hydrogen) atoms. The standard InChI is InChI=1S/C20H26ClN3O2S/c1-15-4-7-18(8-5-15)27(25,26)22-16-6-9-19(21)20(14-16)24(3)17-10-12-23(2)13-11-17/h4-9,14,17,22H,10-13H2,1-3H3.